The number of rotatable bonds is 4. The fraction of sp³-hybridized carbons (Fsp3) is 0.250. The van der Waals surface area contributed by atoms with Gasteiger partial charge in [0.2, 0.25) is 5.76 Å². The lowest BCUT2D eigenvalue weighted by atomic mass is 10.2. The van der Waals surface area contributed by atoms with Gasteiger partial charge in [-0.05, 0) is 25.1 Å². The van der Waals surface area contributed by atoms with Gasteiger partial charge in [0.15, 0.2) is 0 Å². The average Bonchev–Trinajstić information content (AvgIpc) is 3.05. The molecule has 0 saturated carbocycles. The van der Waals surface area contributed by atoms with Gasteiger partial charge in [-0.15, -0.1) is 0 Å². The predicted molar refractivity (Wildman–Crippen MR) is 64.6 cm³/mol. The Balaban J connectivity index is 2.23. The summed E-state index contributed by atoms with van der Waals surface area (Å²) in [6.07, 6.45) is 1.62. The molecule has 2 heterocycles. The molecule has 0 radical (unpaired) electrons. The van der Waals surface area contributed by atoms with Gasteiger partial charge < -0.3 is 14.9 Å². The van der Waals surface area contributed by atoms with E-state index in [9.17, 15) is 9.59 Å². The molecule has 7 nitrogen and oxygen atoms in total. The maximum atomic E-state index is 11.3. The summed E-state index contributed by atoms with van der Waals surface area (Å²) in [5.74, 6) is -0.497. The van der Waals surface area contributed by atoms with Crippen molar-refractivity contribution in [2.45, 2.75) is 13.0 Å². The van der Waals surface area contributed by atoms with Crippen LogP contribution in [0, 0.1) is 0 Å². The molecule has 0 aliphatic heterocycles. The number of hydrogen-bond donors (Lipinski definition) is 1. The summed E-state index contributed by atoms with van der Waals surface area (Å²) in [5, 5.41) is 4.03. The van der Waals surface area contributed by atoms with Crippen molar-refractivity contribution in [3.05, 3.63) is 41.6 Å². The Morgan fingerprint density at radius 2 is 2.16 bits per heavy atom. The van der Waals surface area contributed by atoms with E-state index in [0.29, 0.717) is 5.76 Å². The molecule has 1 atom stereocenters. The predicted octanol–water partition coefficient (Wildman–Crippen LogP) is 0.971. The third kappa shape index (κ3) is 2.49. The molecular formula is C12H13N3O4. The van der Waals surface area contributed by atoms with Gasteiger partial charge in [0.25, 0.3) is 5.91 Å². The molecule has 0 aromatic carbocycles. The summed E-state index contributed by atoms with van der Waals surface area (Å²) < 4.78 is 11.5. The number of carbonyl (C=O) groups is 2. The van der Waals surface area contributed by atoms with Gasteiger partial charge in [-0.3, -0.25) is 9.48 Å². The summed E-state index contributed by atoms with van der Waals surface area (Å²) in [7, 11) is 1.28. The van der Waals surface area contributed by atoms with Crippen LogP contribution in [0.1, 0.15) is 39.8 Å². The van der Waals surface area contributed by atoms with E-state index in [0.717, 1.165) is 0 Å². The largest absolute Gasteiger partial charge is 0.463 e. The molecular weight excluding hydrogens is 250 g/mol. The zero-order chi connectivity index (χ0) is 14.0. The van der Waals surface area contributed by atoms with E-state index in [1.54, 1.807) is 12.3 Å². The first-order valence-corrected chi connectivity index (χ1v) is 5.56. The molecule has 2 rings (SSSR count). The zero-order valence-electron chi connectivity index (χ0n) is 10.5. The van der Waals surface area contributed by atoms with Crippen LogP contribution >= 0.6 is 0 Å². The zero-order valence-corrected chi connectivity index (χ0v) is 10.5. The molecule has 0 bridgehead atoms. The first kappa shape index (κ1) is 12.9. The van der Waals surface area contributed by atoms with Crippen LogP contribution in [0.4, 0.5) is 0 Å². The van der Waals surface area contributed by atoms with E-state index >= 15 is 0 Å². The summed E-state index contributed by atoms with van der Waals surface area (Å²) >= 11 is 0. The van der Waals surface area contributed by atoms with Gasteiger partial charge in [-0.2, -0.15) is 5.10 Å². The Morgan fingerprint density at radius 1 is 1.42 bits per heavy atom. The van der Waals surface area contributed by atoms with E-state index in [1.807, 2.05) is 6.92 Å². The summed E-state index contributed by atoms with van der Waals surface area (Å²) in [6.45, 7) is 1.82. The number of esters is 1. The minimum atomic E-state index is -0.597. The number of hydrogen-bond acceptors (Lipinski definition) is 5. The molecule has 7 heteroatoms. The number of furan rings is 1. The standard InChI is InChI=1S/C12H13N3O4/c1-7(15-6-5-8(14-15)11(13)16)9-3-4-10(19-9)12(17)18-2/h3-7H,1-2H3,(H2,13,16). The smallest absolute Gasteiger partial charge is 0.373 e. The Morgan fingerprint density at radius 3 is 2.74 bits per heavy atom. The highest BCUT2D eigenvalue weighted by Crippen LogP contribution is 2.20. The number of aromatic nitrogens is 2. The van der Waals surface area contributed by atoms with Gasteiger partial charge in [-0.1, -0.05) is 0 Å². The second-order valence-electron chi connectivity index (χ2n) is 3.91. The van der Waals surface area contributed by atoms with Crippen LogP contribution in [0.5, 0.6) is 0 Å². The van der Waals surface area contributed by atoms with E-state index < -0.39 is 11.9 Å². The van der Waals surface area contributed by atoms with Crippen molar-refractivity contribution in [3.63, 3.8) is 0 Å². The second kappa shape index (κ2) is 4.97. The Kier molecular flexibility index (Phi) is 3.37. The van der Waals surface area contributed by atoms with Gasteiger partial charge in [-0.25, -0.2) is 4.79 Å². The lowest BCUT2D eigenvalue weighted by Crippen LogP contribution is -2.14. The minimum Gasteiger partial charge on any atom is -0.463 e. The fourth-order valence-corrected chi connectivity index (χ4v) is 1.60. The highest BCUT2D eigenvalue weighted by molar-refractivity contribution is 5.90. The van der Waals surface area contributed by atoms with E-state index in [2.05, 4.69) is 9.84 Å². The van der Waals surface area contributed by atoms with Gasteiger partial charge in [0, 0.05) is 6.20 Å². The van der Waals surface area contributed by atoms with Crippen molar-refractivity contribution in [2.75, 3.05) is 7.11 Å². The molecule has 0 aliphatic carbocycles. The number of methoxy groups -OCH3 is 1. The topological polar surface area (TPSA) is 100 Å². The normalized spacial score (nSPS) is 12.1. The van der Waals surface area contributed by atoms with Gasteiger partial charge in [0.05, 0.1) is 7.11 Å². The quantitative estimate of drug-likeness (QED) is 0.828. The molecule has 1 unspecified atom stereocenters. The molecule has 0 fully saturated rings. The maximum absolute atomic E-state index is 11.3. The monoisotopic (exact) mass is 263 g/mol. The van der Waals surface area contributed by atoms with Gasteiger partial charge in [0.1, 0.15) is 17.5 Å². The molecule has 2 aromatic heterocycles. The van der Waals surface area contributed by atoms with Crippen molar-refractivity contribution in [2.24, 2.45) is 5.73 Å². The maximum Gasteiger partial charge on any atom is 0.373 e. The lowest BCUT2D eigenvalue weighted by molar-refractivity contribution is 0.0562. The van der Waals surface area contributed by atoms with Crippen molar-refractivity contribution < 1.29 is 18.7 Å². The van der Waals surface area contributed by atoms with Gasteiger partial charge >= 0.3 is 5.97 Å². The Hall–Kier alpha value is -2.57. The van der Waals surface area contributed by atoms with Crippen molar-refractivity contribution in [3.8, 4) is 0 Å². The fourth-order valence-electron chi connectivity index (χ4n) is 1.60. The average molecular weight is 263 g/mol. The molecule has 0 spiro atoms. The second-order valence-corrected chi connectivity index (χ2v) is 3.91. The molecule has 2 N–H and O–H groups in total. The number of ether oxygens (including phenoxy) is 1. The van der Waals surface area contributed by atoms with Crippen molar-refractivity contribution in [1.82, 2.24) is 9.78 Å². The van der Waals surface area contributed by atoms with E-state index in [-0.39, 0.29) is 17.5 Å². The van der Waals surface area contributed by atoms with Crippen LogP contribution in [-0.4, -0.2) is 28.8 Å². The lowest BCUT2D eigenvalue weighted by Gasteiger charge is -2.08. The molecule has 1 amide bonds. The molecule has 19 heavy (non-hydrogen) atoms. The third-order valence-corrected chi connectivity index (χ3v) is 2.68. The highest BCUT2D eigenvalue weighted by Gasteiger charge is 2.17. The number of nitrogens with zero attached hydrogens (tertiary/aromatic N) is 2. The summed E-state index contributed by atoms with van der Waals surface area (Å²) in [4.78, 5) is 22.2. The van der Waals surface area contributed by atoms with Crippen molar-refractivity contribution >= 4 is 11.9 Å². The highest BCUT2D eigenvalue weighted by atomic mass is 16.5. The van der Waals surface area contributed by atoms with Crippen LogP contribution in [0.3, 0.4) is 0 Å². The molecule has 2 aromatic rings. The third-order valence-electron chi connectivity index (χ3n) is 2.68. The van der Waals surface area contributed by atoms with Crippen LogP contribution in [0.25, 0.3) is 0 Å². The first-order chi connectivity index (χ1) is 9.02. The number of nitrogens with two attached hydrogens (primary N) is 1. The van der Waals surface area contributed by atoms with Crippen molar-refractivity contribution in [1.29, 1.82) is 0 Å². The number of primary amides is 1. The van der Waals surface area contributed by atoms with Crippen LogP contribution in [0.15, 0.2) is 28.8 Å². The van der Waals surface area contributed by atoms with E-state index in [4.69, 9.17) is 10.2 Å². The first-order valence-electron chi connectivity index (χ1n) is 5.56. The minimum absolute atomic E-state index is 0.117. The Bertz CT molecular complexity index is 614. The van der Waals surface area contributed by atoms with E-state index in [1.165, 1.54) is 23.9 Å². The summed E-state index contributed by atoms with van der Waals surface area (Å²) in [6, 6.07) is 4.42. The SMILES string of the molecule is COC(=O)c1ccc(C(C)n2ccc(C(N)=O)n2)o1. The van der Waals surface area contributed by atoms with Crippen LogP contribution in [-0.2, 0) is 4.74 Å². The number of carbonyl (C=O) groups excluding carboxylic acids is 2. The van der Waals surface area contributed by atoms with Crippen LogP contribution in [0.2, 0.25) is 0 Å². The summed E-state index contributed by atoms with van der Waals surface area (Å²) in [5.41, 5.74) is 5.30. The molecule has 0 aliphatic rings. The van der Waals surface area contributed by atoms with Crippen LogP contribution < -0.4 is 5.73 Å². The molecule has 0 saturated heterocycles. The Labute approximate surface area is 108 Å². The number of amides is 1. The molecule has 100 valence electrons.